The third-order valence-corrected chi connectivity index (χ3v) is 3.79. The van der Waals surface area contributed by atoms with E-state index in [4.69, 9.17) is 5.11 Å². The van der Waals surface area contributed by atoms with Crippen LogP contribution in [0.4, 0.5) is 9.80 Å². The highest BCUT2D eigenvalue weighted by atomic mass is 79.9. The van der Waals surface area contributed by atoms with Gasteiger partial charge in [-0.2, -0.15) is 0 Å². The molecule has 104 valence electrons. The fraction of sp³-hybridized carbons (Fsp3) is 0.0769. The lowest BCUT2D eigenvalue weighted by molar-refractivity contribution is 0.0698. The predicted molar refractivity (Wildman–Crippen MR) is 81.3 cm³/mol. The molecule has 0 radical (unpaired) electrons. The van der Waals surface area contributed by atoms with E-state index in [9.17, 15) is 9.59 Å². The highest BCUT2D eigenvalue weighted by molar-refractivity contribution is 9.10. The van der Waals surface area contributed by atoms with Crippen LogP contribution in [0.1, 0.15) is 15.9 Å². The van der Waals surface area contributed by atoms with Gasteiger partial charge in [-0.15, -0.1) is 11.3 Å². The summed E-state index contributed by atoms with van der Waals surface area (Å²) in [7, 11) is 0. The molecule has 0 unspecified atom stereocenters. The molecule has 0 spiro atoms. The van der Waals surface area contributed by atoms with Crippen molar-refractivity contribution in [3.8, 4) is 0 Å². The van der Waals surface area contributed by atoms with Crippen molar-refractivity contribution in [2.75, 3.05) is 5.32 Å². The molecule has 0 saturated heterocycles. The summed E-state index contributed by atoms with van der Waals surface area (Å²) in [6.07, 6.45) is 0. The summed E-state index contributed by atoms with van der Waals surface area (Å²) in [5.74, 6) is -1.06. The number of halogens is 1. The third-order valence-electron chi connectivity index (χ3n) is 2.46. The Kier molecular flexibility index (Phi) is 4.75. The molecule has 2 amide bonds. The number of urea groups is 1. The van der Waals surface area contributed by atoms with Crippen LogP contribution in [0.3, 0.4) is 0 Å². The van der Waals surface area contributed by atoms with Crippen molar-refractivity contribution in [2.24, 2.45) is 0 Å². The number of nitrogens with one attached hydrogen (secondary N) is 2. The number of hydrogen-bond donors (Lipinski definition) is 3. The van der Waals surface area contributed by atoms with Crippen molar-refractivity contribution in [1.29, 1.82) is 0 Å². The topological polar surface area (TPSA) is 78.4 Å². The second-order valence-electron chi connectivity index (χ2n) is 3.91. The lowest BCUT2D eigenvalue weighted by Gasteiger charge is -2.07. The van der Waals surface area contributed by atoms with Crippen molar-refractivity contribution in [3.05, 3.63) is 51.3 Å². The Hall–Kier alpha value is -1.86. The first-order valence-electron chi connectivity index (χ1n) is 5.66. The number of anilines is 1. The summed E-state index contributed by atoms with van der Waals surface area (Å²) in [5, 5.41) is 16.1. The average molecular weight is 355 g/mol. The van der Waals surface area contributed by atoms with Crippen LogP contribution < -0.4 is 10.6 Å². The lowest BCUT2D eigenvalue weighted by atomic mass is 10.2. The number of hydrogen-bond acceptors (Lipinski definition) is 3. The molecule has 5 nitrogen and oxygen atoms in total. The Morgan fingerprint density at radius 2 is 2.10 bits per heavy atom. The number of aromatic carboxylic acids is 1. The maximum atomic E-state index is 11.7. The minimum atomic E-state index is -1.06. The second kappa shape index (κ2) is 6.53. The molecular weight excluding hydrogens is 344 g/mol. The van der Waals surface area contributed by atoms with E-state index >= 15 is 0 Å². The van der Waals surface area contributed by atoms with Crippen LogP contribution >= 0.6 is 27.3 Å². The van der Waals surface area contributed by atoms with E-state index < -0.39 is 12.0 Å². The van der Waals surface area contributed by atoms with Crippen LogP contribution in [0, 0.1) is 0 Å². The normalized spacial score (nSPS) is 10.1. The molecule has 20 heavy (non-hydrogen) atoms. The zero-order valence-electron chi connectivity index (χ0n) is 10.2. The van der Waals surface area contributed by atoms with Gasteiger partial charge in [-0.1, -0.05) is 28.1 Å². The van der Waals surface area contributed by atoms with Gasteiger partial charge >= 0.3 is 12.0 Å². The SMILES string of the molecule is O=C(NCc1cccc(Br)c1)Nc1sccc1C(=O)O. The van der Waals surface area contributed by atoms with Crippen molar-refractivity contribution in [1.82, 2.24) is 5.32 Å². The van der Waals surface area contributed by atoms with E-state index in [2.05, 4.69) is 26.6 Å². The molecule has 1 aromatic heterocycles. The van der Waals surface area contributed by atoms with Gasteiger partial charge in [0.05, 0.1) is 5.56 Å². The second-order valence-corrected chi connectivity index (χ2v) is 5.74. The van der Waals surface area contributed by atoms with Crippen LogP contribution in [-0.2, 0) is 6.54 Å². The molecule has 0 aliphatic carbocycles. The Morgan fingerprint density at radius 1 is 1.30 bits per heavy atom. The summed E-state index contributed by atoms with van der Waals surface area (Å²) >= 11 is 4.52. The highest BCUT2D eigenvalue weighted by Crippen LogP contribution is 2.22. The van der Waals surface area contributed by atoms with Gasteiger partial charge < -0.3 is 10.4 Å². The number of thiophene rings is 1. The molecule has 0 saturated carbocycles. The van der Waals surface area contributed by atoms with Gasteiger partial charge in [0.1, 0.15) is 5.00 Å². The molecule has 0 aliphatic rings. The van der Waals surface area contributed by atoms with Crippen LogP contribution in [0.2, 0.25) is 0 Å². The van der Waals surface area contributed by atoms with E-state index in [0.29, 0.717) is 11.5 Å². The first kappa shape index (κ1) is 14.5. The average Bonchev–Trinajstić information content (AvgIpc) is 2.85. The van der Waals surface area contributed by atoms with Gasteiger partial charge in [-0.25, -0.2) is 9.59 Å². The van der Waals surface area contributed by atoms with E-state index in [1.807, 2.05) is 24.3 Å². The molecule has 2 aromatic rings. The molecule has 0 bridgehead atoms. The number of benzene rings is 1. The van der Waals surface area contributed by atoms with Crippen molar-refractivity contribution < 1.29 is 14.7 Å². The van der Waals surface area contributed by atoms with Crippen molar-refractivity contribution in [3.63, 3.8) is 0 Å². The summed E-state index contributed by atoms with van der Waals surface area (Å²) in [5.41, 5.74) is 1.03. The zero-order valence-corrected chi connectivity index (χ0v) is 12.6. The van der Waals surface area contributed by atoms with E-state index in [0.717, 1.165) is 10.0 Å². The smallest absolute Gasteiger partial charge is 0.338 e. The quantitative estimate of drug-likeness (QED) is 0.785. The predicted octanol–water partition coefficient (Wildman–Crippen LogP) is 3.53. The van der Waals surface area contributed by atoms with Crippen LogP contribution in [0.5, 0.6) is 0 Å². The minimum Gasteiger partial charge on any atom is -0.478 e. The molecule has 0 fully saturated rings. The molecule has 2 rings (SSSR count). The van der Waals surface area contributed by atoms with Gasteiger partial charge in [0.25, 0.3) is 0 Å². The fourth-order valence-corrected chi connectivity index (χ4v) is 2.77. The van der Waals surface area contributed by atoms with Crippen LogP contribution in [-0.4, -0.2) is 17.1 Å². The summed E-state index contributed by atoms with van der Waals surface area (Å²) in [6, 6.07) is 8.58. The summed E-state index contributed by atoms with van der Waals surface area (Å²) in [4.78, 5) is 22.6. The molecule has 1 heterocycles. The van der Waals surface area contributed by atoms with Gasteiger partial charge in [-0.05, 0) is 29.1 Å². The van der Waals surface area contributed by atoms with Gasteiger partial charge in [-0.3, -0.25) is 5.32 Å². The zero-order chi connectivity index (χ0) is 14.5. The Bertz CT molecular complexity index is 642. The number of rotatable bonds is 4. The maximum Gasteiger partial charge on any atom is 0.338 e. The van der Waals surface area contributed by atoms with Crippen LogP contribution in [0.25, 0.3) is 0 Å². The van der Waals surface area contributed by atoms with Gasteiger partial charge in [0.15, 0.2) is 0 Å². The third kappa shape index (κ3) is 3.82. The molecule has 0 aliphatic heterocycles. The number of carboxylic acids is 1. The minimum absolute atomic E-state index is 0.0904. The van der Waals surface area contributed by atoms with E-state index in [1.165, 1.54) is 17.4 Å². The molecular formula is C13H11BrN2O3S. The maximum absolute atomic E-state index is 11.7. The van der Waals surface area contributed by atoms with Gasteiger partial charge in [0.2, 0.25) is 0 Å². The number of amides is 2. The number of carbonyl (C=O) groups excluding carboxylic acids is 1. The number of carbonyl (C=O) groups is 2. The summed E-state index contributed by atoms with van der Waals surface area (Å²) < 4.78 is 0.934. The van der Waals surface area contributed by atoms with E-state index in [-0.39, 0.29) is 5.56 Å². The standard InChI is InChI=1S/C13H11BrN2O3S/c14-9-3-1-2-8(6-9)7-15-13(19)16-11-10(12(17)18)4-5-20-11/h1-6H,7H2,(H,17,18)(H2,15,16,19). The molecule has 3 N–H and O–H groups in total. The van der Waals surface area contributed by atoms with Crippen molar-refractivity contribution in [2.45, 2.75) is 6.54 Å². The first-order chi connectivity index (χ1) is 9.56. The van der Waals surface area contributed by atoms with Crippen LogP contribution in [0.15, 0.2) is 40.2 Å². The Morgan fingerprint density at radius 3 is 2.80 bits per heavy atom. The Balaban J connectivity index is 1.93. The largest absolute Gasteiger partial charge is 0.478 e. The van der Waals surface area contributed by atoms with E-state index in [1.54, 1.807) is 5.38 Å². The number of carboxylic acid groups (broad SMARTS) is 1. The molecule has 1 aromatic carbocycles. The first-order valence-corrected chi connectivity index (χ1v) is 7.33. The summed E-state index contributed by atoms with van der Waals surface area (Å²) in [6.45, 7) is 0.360. The molecule has 7 heteroatoms. The fourth-order valence-electron chi connectivity index (χ4n) is 1.55. The van der Waals surface area contributed by atoms with Crippen molar-refractivity contribution >= 4 is 44.3 Å². The van der Waals surface area contributed by atoms with Gasteiger partial charge in [0, 0.05) is 11.0 Å². The monoisotopic (exact) mass is 354 g/mol. The molecule has 0 atom stereocenters. The Labute approximate surface area is 127 Å². The lowest BCUT2D eigenvalue weighted by Crippen LogP contribution is -2.28. The highest BCUT2D eigenvalue weighted by Gasteiger charge is 2.13.